The number of carbonyl (C=O) groups is 1. The first-order valence-corrected chi connectivity index (χ1v) is 6.25. The largest absolute Gasteiger partial charge is 0.478 e. The number of hydrogen-bond donors (Lipinski definition) is 1. The number of carboxylic acid groups (broad SMARTS) is 1. The highest BCUT2D eigenvalue weighted by Gasteiger charge is 2.21. The number of rotatable bonds is 5. The van der Waals surface area contributed by atoms with E-state index in [9.17, 15) is 17.6 Å². The molecule has 88 valence electrons. The van der Waals surface area contributed by atoms with Gasteiger partial charge < -0.3 is 5.11 Å². The van der Waals surface area contributed by atoms with Crippen LogP contribution < -0.4 is 0 Å². The van der Waals surface area contributed by atoms with E-state index >= 15 is 0 Å². The van der Waals surface area contributed by atoms with Gasteiger partial charge in [-0.1, -0.05) is 12.1 Å². The van der Waals surface area contributed by atoms with Crippen molar-refractivity contribution in [2.45, 2.75) is 11.3 Å². The summed E-state index contributed by atoms with van der Waals surface area (Å²) in [5, 5.41) is 8.82. The molecule has 4 nitrogen and oxygen atoms in total. The molecule has 0 aliphatic heterocycles. The van der Waals surface area contributed by atoms with E-state index in [1.165, 1.54) is 24.3 Å². The van der Waals surface area contributed by atoms with Gasteiger partial charge >= 0.3 is 5.97 Å². The van der Waals surface area contributed by atoms with Gasteiger partial charge in [0.25, 0.3) is 0 Å². The van der Waals surface area contributed by atoms with Crippen LogP contribution in [-0.4, -0.2) is 31.9 Å². The van der Waals surface area contributed by atoms with Crippen LogP contribution in [0.2, 0.25) is 0 Å². The minimum Gasteiger partial charge on any atom is -0.478 e. The molecule has 0 bridgehead atoms. The molecule has 0 saturated heterocycles. The fourth-order valence-electron chi connectivity index (χ4n) is 1.27. The molecule has 0 unspecified atom stereocenters. The van der Waals surface area contributed by atoms with Gasteiger partial charge in [-0.3, -0.25) is 4.39 Å². The number of sulfone groups is 1. The first kappa shape index (κ1) is 12.6. The molecule has 0 spiro atoms. The van der Waals surface area contributed by atoms with E-state index in [4.69, 9.17) is 5.11 Å². The molecule has 0 heterocycles. The maximum Gasteiger partial charge on any atom is 0.337 e. The Labute approximate surface area is 92.6 Å². The van der Waals surface area contributed by atoms with E-state index in [1.807, 2.05) is 0 Å². The molecule has 0 atom stereocenters. The predicted octanol–water partition coefficient (Wildman–Crippen LogP) is 1.52. The Balaban J connectivity index is 3.17. The number of benzene rings is 1. The van der Waals surface area contributed by atoms with E-state index in [1.54, 1.807) is 0 Å². The highest BCUT2D eigenvalue weighted by molar-refractivity contribution is 7.91. The van der Waals surface area contributed by atoms with Gasteiger partial charge in [-0.05, 0) is 18.6 Å². The normalized spacial score (nSPS) is 11.3. The highest BCUT2D eigenvalue weighted by atomic mass is 32.2. The van der Waals surface area contributed by atoms with Gasteiger partial charge in [0.15, 0.2) is 9.84 Å². The lowest BCUT2D eigenvalue weighted by atomic mass is 10.2. The fourth-order valence-corrected chi connectivity index (χ4v) is 2.75. The number of aromatic carboxylic acids is 1. The molecule has 0 aliphatic carbocycles. The van der Waals surface area contributed by atoms with E-state index < -0.39 is 22.5 Å². The molecular formula is C10H11FO4S. The zero-order chi connectivity index (χ0) is 12.2. The molecule has 0 aromatic heterocycles. The van der Waals surface area contributed by atoms with Crippen LogP contribution in [0.25, 0.3) is 0 Å². The third kappa shape index (κ3) is 2.79. The lowest BCUT2D eigenvalue weighted by molar-refractivity contribution is 0.0692. The van der Waals surface area contributed by atoms with Crippen molar-refractivity contribution in [1.82, 2.24) is 0 Å². The minimum absolute atomic E-state index is 0.129. The van der Waals surface area contributed by atoms with Gasteiger partial charge in [0.05, 0.1) is 22.9 Å². The summed E-state index contributed by atoms with van der Waals surface area (Å²) >= 11 is 0. The van der Waals surface area contributed by atoms with Gasteiger partial charge in [0, 0.05) is 0 Å². The van der Waals surface area contributed by atoms with Crippen LogP contribution >= 0.6 is 0 Å². The van der Waals surface area contributed by atoms with Crippen molar-refractivity contribution in [3.63, 3.8) is 0 Å². The highest BCUT2D eigenvalue weighted by Crippen LogP contribution is 2.17. The standard InChI is InChI=1S/C10H11FO4S/c11-6-3-7-16(14,15)9-5-2-1-4-8(9)10(12)13/h1-2,4-5H,3,6-7H2,(H,12,13). The quantitative estimate of drug-likeness (QED) is 0.855. The molecule has 0 aliphatic rings. The van der Waals surface area contributed by atoms with Crippen molar-refractivity contribution in [2.75, 3.05) is 12.4 Å². The lowest BCUT2D eigenvalue weighted by Gasteiger charge is -2.06. The van der Waals surface area contributed by atoms with Crippen molar-refractivity contribution in [1.29, 1.82) is 0 Å². The summed E-state index contributed by atoms with van der Waals surface area (Å²) in [6, 6.07) is 5.31. The zero-order valence-electron chi connectivity index (χ0n) is 8.39. The van der Waals surface area contributed by atoms with E-state index in [2.05, 4.69) is 0 Å². The van der Waals surface area contributed by atoms with Crippen LogP contribution in [0.4, 0.5) is 4.39 Å². The Hall–Kier alpha value is -1.43. The summed E-state index contributed by atoms with van der Waals surface area (Å²) < 4.78 is 35.3. The summed E-state index contributed by atoms with van der Waals surface area (Å²) in [6.07, 6.45) is -0.129. The first-order valence-electron chi connectivity index (χ1n) is 4.60. The molecule has 1 rings (SSSR count). The van der Waals surface area contributed by atoms with Crippen LogP contribution in [0.3, 0.4) is 0 Å². The van der Waals surface area contributed by atoms with Gasteiger partial charge in [-0.2, -0.15) is 0 Å². The first-order chi connectivity index (χ1) is 7.49. The number of hydrogen-bond acceptors (Lipinski definition) is 3. The van der Waals surface area contributed by atoms with Gasteiger partial charge in [-0.15, -0.1) is 0 Å². The number of carboxylic acids is 1. The second-order valence-corrected chi connectivity index (χ2v) is 5.24. The minimum atomic E-state index is -3.72. The Morgan fingerprint density at radius 3 is 2.50 bits per heavy atom. The molecular weight excluding hydrogens is 235 g/mol. The van der Waals surface area contributed by atoms with Gasteiger partial charge in [0.1, 0.15) is 0 Å². The van der Waals surface area contributed by atoms with Crippen molar-refractivity contribution < 1.29 is 22.7 Å². The molecule has 1 aromatic carbocycles. The third-order valence-corrected chi connectivity index (χ3v) is 3.85. The summed E-state index contributed by atoms with van der Waals surface area (Å²) in [5.41, 5.74) is -0.277. The maximum atomic E-state index is 11.9. The second-order valence-electron chi connectivity index (χ2n) is 3.16. The van der Waals surface area contributed by atoms with Crippen molar-refractivity contribution in [3.05, 3.63) is 29.8 Å². The monoisotopic (exact) mass is 246 g/mol. The molecule has 16 heavy (non-hydrogen) atoms. The smallest absolute Gasteiger partial charge is 0.337 e. The van der Waals surface area contributed by atoms with Crippen molar-refractivity contribution in [3.8, 4) is 0 Å². The van der Waals surface area contributed by atoms with Crippen LogP contribution in [0, 0.1) is 0 Å². The van der Waals surface area contributed by atoms with Crippen LogP contribution in [0.1, 0.15) is 16.8 Å². The topological polar surface area (TPSA) is 71.4 Å². The number of halogens is 1. The zero-order valence-corrected chi connectivity index (χ0v) is 9.21. The molecule has 1 aromatic rings. The summed E-state index contributed by atoms with van der Waals surface area (Å²) in [4.78, 5) is 10.5. The van der Waals surface area contributed by atoms with Gasteiger partial charge in [-0.25, -0.2) is 13.2 Å². The van der Waals surface area contributed by atoms with E-state index in [-0.39, 0.29) is 22.6 Å². The average Bonchev–Trinajstić information content (AvgIpc) is 2.26. The van der Waals surface area contributed by atoms with Crippen LogP contribution in [-0.2, 0) is 9.84 Å². The lowest BCUT2D eigenvalue weighted by Crippen LogP contribution is -2.12. The summed E-state index contributed by atoms with van der Waals surface area (Å²) in [6.45, 7) is -0.742. The van der Waals surface area contributed by atoms with Crippen LogP contribution in [0.15, 0.2) is 29.2 Å². The predicted molar refractivity (Wildman–Crippen MR) is 56.0 cm³/mol. The van der Waals surface area contributed by atoms with E-state index in [0.717, 1.165) is 0 Å². The Kier molecular flexibility index (Phi) is 4.00. The molecule has 0 fully saturated rings. The van der Waals surface area contributed by atoms with Crippen molar-refractivity contribution >= 4 is 15.8 Å². The molecule has 0 radical (unpaired) electrons. The van der Waals surface area contributed by atoms with Crippen molar-refractivity contribution in [2.24, 2.45) is 0 Å². The summed E-state index contributed by atoms with van der Waals surface area (Å²) in [5.74, 6) is -1.69. The average molecular weight is 246 g/mol. The summed E-state index contributed by atoms with van der Waals surface area (Å²) in [7, 11) is -3.72. The maximum absolute atomic E-state index is 11.9. The SMILES string of the molecule is O=C(O)c1ccccc1S(=O)(=O)CCCF. The Bertz CT molecular complexity index is 481. The van der Waals surface area contributed by atoms with E-state index in [0.29, 0.717) is 0 Å². The third-order valence-electron chi connectivity index (χ3n) is 2.00. The molecule has 0 amide bonds. The van der Waals surface area contributed by atoms with Crippen LogP contribution in [0.5, 0.6) is 0 Å². The molecule has 1 N–H and O–H groups in total. The Morgan fingerprint density at radius 1 is 1.31 bits per heavy atom. The Morgan fingerprint density at radius 2 is 1.94 bits per heavy atom. The second kappa shape index (κ2) is 5.07. The molecule has 6 heteroatoms. The molecule has 0 saturated carbocycles. The fraction of sp³-hybridized carbons (Fsp3) is 0.300. The number of alkyl halides is 1. The van der Waals surface area contributed by atoms with Gasteiger partial charge in [0.2, 0.25) is 0 Å².